The molecule has 0 amide bonds. The molecule has 0 radical (unpaired) electrons. The standard InChI is InChI=1S/C15H18N2O2/c18-13-5-3-7-17(10-13)9-12-8-11-4-1-2-6-14(11)16-15(12)19/h1-2,4,6,8,13,18H,3,5,7,9-10H2,(H,16,19). The molecular formula is C15H18N2O2. The molecule has 0 bridgehead atoms. The van der Waals surface area contributed by atoms with Crippen molar-refractivity contribution >= 4 is 10.9 Å². The maximum Gasteiger partial charge on any atom is 0.252 e. The lowest BCUT2D eigenvalue weighted by molar-refractivity contribution is 0.0666. The second-order valence-corrected chi connectivity index (χ2v) is 5.24. The van der Waals surface area contributed by atoms with Gasteiger partial charge in [0.15, 0.2) is 0 Å². The number of likely N-dealkylation sites (tertiary alicyclic amines) is 1. The Kier molecular flexibility index (Phi) is 3.36. The molecule has 1 aliphatic heterocycles. The van der Waals surface area contributed by atoms with Crippen LogP contribution < -0.4 is 5.56 Å². The van der Waals surface area contributed by atoms with Crippen LogP contribution in [-0.2, 0) is 6.54 Å². The highest BCUT2D eigenvalue weighted by Crippen LogP contribution is 2.14. The molecule has 1 aromatic heterocycles. The van der Waals surface area contributed by atoms with Crippen molar-refractivity contribution in [3.05, 3.63) is 46.2 Å². The first kappa shape index (κ1) is 12.4. The van der Waals surface area contributed by atoms with Gasteiger partial charge in [-0.05, 0) is 36.9 Å². The number of fused-ring (bicyclic) bond motifs is 1. The SMILES string of the molecule is O=c1[nH]c2ccccc2cc1CN1CCCC(O)C1. The van der Waals surface area contributed by atoms with E-state index in [1.165, 1.54) is 0 Å². The molecule has 1 unspecified atom stereocenters. The molecule has 3 rings (SSSR count). The van der Waals surface area contributed by atoms with Gasteiger partial charge in [0.25, 0.3) is 5.56 Å². The number of nitrogens with one attached hydrogen (secondary N) is 1. The van der Waals surface area contributed by atoms with Crippen LogP contribution in [0.1, 0.15) is 18.4 Å². The normalized spacial score (nSPS) is 20.8. The summed E-state index contributed by atoms with van der Waals surface area (Å²) in [5.41, 5.74) is 1.61. The summed E-state index contributed by atoms with van der Waals surface area (Å²) < 4.78 is 0. The second-order valence-electron chi connectivity index (χ2n) is 5.24. The number of piperidine rings is 1. The summed E-state index contributed by atoms with van der Waals surface area (Å²) >= 11 is 0. The van der Waals surface area contributed by atoms with E-state index in [2.05, 4.69) is 9.88 Å². The minimum atomic E-state index is -0.256. The Morgan fingerprint density at radius 1 is 1.37 bits per heavy atom. The van der Waals surface area contributed by atoms with Gasteiger partial charge in [-0.15, -0.1) is 0 Å². The Morgan fingerprint density at radius 2 is 2.21 bits per heavy atom. The molecule has 2 N–H and O–H groups in total. The van der Waals surface area contributed by atoms with Crippen molar-refractivity contribution in [1.29, 1.82) is 0 Å². The van der Waals surface area contributed by atoms with Gasteiger partial charge in [0, 0.05) is 24.2 Å². The first-order chi connectivity index (χ1) is 9.22. The number of para-hydroxylation sites is 1. The number of benzene rings is 1. The zero-order valence-electron chi connectivity index (χ0n) is 10.8. The van der Waals surface area contributed by atoms with Crippen LogP contribution in [0.3, 0.4) is 0 Å². The van der Waals surface area contributed by atoms with E-state index in [0.717, 1.165) is 35.9 Å². The highest BCUT2D eigenvalue weighted by Gasteiger charge is 2.18. The van der Waals surface area contributed by atoms with Gasteiger partial charge in [-0.2, -0.15) is 0 Å². The molecule has 1 saturated heterocycles. The number of nitrogens with zero attached hydrogens (tertiary/aromatic N) is 1. The number of hydrogen-bond donors (Lipinski definition) is 2. The van der Waals surface area contributed by atoms with Crippen molar-refractivity contribution in [1.82, 2.24) is 9.88 Å². The lowest BCUT2D eigenvalue weighted by Gasteiger charge is -2.29. The number of hydrogen-bond acceptors (Lipinski definition) is 3. The molecule has 2 aromatic rings. The van der Waals surface area contributed by atoms with Gasteiger partial charge in [-0.3, -0.25) is 9.69 Å². The van der Waals surface area contributed by atoms with Crippen LogP contribution in [0.5, 0.6) is 0 Å². The predicted molar refractivity (Wildman–Crippen MR) is 75.1 cm³/mol. The summed E-state index contributed by atoms with van der Waals surface area (Å²) in [5, 5.41) is 10.7. The Hall–Kier alpha value is -1.65. The van der Waals surface area contributed by atoms with Crippen LogP contribution in [0.4, 0.5) is 0 Å². The number of aromatic nitrogens is 1. The smallest absolute Gasteiger partial charge is 0.252 e. The topological polar surface area (TPSA) is 56.3 Å². The zero-order valence-corrected chi connectivity index (χ0v) is 10.8. The molecule has 4 heteroatoms. The average molecular weight is 258 g/mol. The molecule has 100 valence electrons. The summed E-state index contributed by atoms with van der Waals surface area (Å²) in [5.74, 6) is 0. The third-order valence-electron chi connectivity index (χ3n) is 3.70. The van der Waals surface area contributed by atoms with E-state index in [9.17, 15) is 9.90 Å². The molecule has 19 heavy (non-hydrogen) atoms. The van der Waals surface area contributed by atoms with Crippen molar-refractivity contribution in [3.8, 4) is 0 Å². The maximum absolute atomic E-state index is 12.0. The number of aliphatic hydroxyl groups excluding tert-OH is 1. The Balaban J connectivity index is 1.88. The molecule has 2 heterocycles. The highest BCUT2D eigenvalue weighted by atomic mass is 16.3. The molecular weight excluding hydrogens is 240 g/mol. The number of H-pyrrole nitrogens is 1. The lowest BCUT2D eigenvalue weighted by atomic mass is 10.1. The van der Waals surface area contributed by atoms with Gasteiger partial charge in [-0.1, -0.05) is 18.2 Å². The van der Waals surface area contributed by atoms with E-state index in [1.807, 2.05) is 30.3 Å². The first-order valence-electron chi connectivity index (χ1n) is 6.74. The summed E-state index contributed by atoms with van der Waals surface area (Å²) in [6, 6.07) is 9.74. The van der Waals surface area contributed by atoms with E-state index >= 15 is 0 Å². The fourth-order valence-corrected chi connectivity index (χ4v) is 2.73. The molecule has 1 fully saturated rings. The van der Waals surface area contributed by atoms with Crippen molar-refractivity contribution in [2.45, 2.75) is 25.5 Å². The van der Waals surface area contributed by atoms with Crippen LogP contribution in [0.2, 0.25) is 0 Å². The van der Waals surface area contributed by atoms with Gasteiger partial charge < -0.3 is 10.1 Å². The van der Waals surface area contributed by atoms with Gasteiger partial charge in [0.2, 0.25) is 0 Å². The summed E-state index contributed by atoms with van der Waals surface area (Å²) in [6.07, 6.45) is 1.60. The van der Waals surface area contributed by atoms with Crippen LogP contribution in [0.15, 0.2) is 35.1 Å². The van der Waals surface area contributed by atoms with E-state index in [-0.39, 0.29) is 11.7 Å². The number of rotatable bonds is 2. The minimum absolute atomic E-state index is 0.0289. The molecule has 1 aliphatic rings. The number of aliphatic hydroxyl groups is 1. The quantitative estimate of drug-likeness (QED) is 0.858. The number of β-amino-alcohol motifs (C(OH)–C–C–N with tert-alkyl or cyclic N) is 1. The fourth-order valence-electron chi connectivity index (χ4n) is 2.73. The Bertz CT molecular complexity index is 635. The first-order valence-corrected chi connectivity index (χ1v) is 6.74. The van der Waals surface area contributed by atoms with Crippen LogP contribution in [-0.4, -0.2) is 34.2 Å². The van der Waals surface area contributed by atoms with Gasteiger partial charge in [0.05, 0.1) is 6.10 Å². The molecule has 1 atom stereocenters. The lowest BCUT2D eigenvalue weighted by Crippen LogP contribution is -2.38. The van der Waals surface area contributed by atoms with Crippen molar-refractivity contribution in [3.63, 3.8) is 0 Å². The largest absolute Gasteiger partial charge is 0.392 e. The summed E-state index contributed by atoms with van der Waals surface area (Å²) in [6.45, 7) is 2.22. The molecule has 0 aliphatic carbocycles. The van der Waals surface area contributed by atoms with E-state index in [4.69, 9.17) is 0 Å². The Labute approximate surface area is 111 Å². The average Bonchev–Trinajstić information content (AvgIpc) is 2.40. The van der Waals surface area contributed by atoms with Crippen molar-refractivity contribution in [2.75, 3.05) is 13.1 Å². The molecule has 4 nitrogen and oxygen atoms in total. The van der Waals surface area contributed by atoms with Gasteiger partial charge in [0.1, 0.15) is 0 Å². The number of aromatic amines is 1. The fraction of sp³-hybridized carbons (Fsp3) is 0.400. The molecule has 0 saturated carbocycles. The Morgan fingerprint density at radius 3 is 3.05 bits per heavy atom. The highest BCUT2D eigenvalue weighted by molar-refractivity contribution is 5.78. The zero-order chi connectivity index (χ0) is 13.2. The number of pyridine rings is 1. The maximum atomic E-state index is 12.0. The van der Waals surface area contributed by atoms with Crippen LogP contribution in [0, 0.1) is 0 Å². The van der Waals surface area contributed by atoms with Gasteiger partial charge >= 0.3 is 0 Å². The van der Waals surface area contributed by atoms with Gasteiger partial charge in [-0.25, -0.2) is 0 Å². The summed E-state index contributed by atoms with van der Waals surface area (Å²) in [7, 11) is 0. The van der Waals surface area contributed by atoms with E-state index in [0.29, 0.717) is 13.1 Å². The van der Waals surface area contributed by atoms with Crippen molar-refractivity contribution in [2.24, 2.45) is 0 Å². The van der Waals surface area contributed by atoms with Crippen molar-refractivity contribution < 1.29 is 5.11 Å². The van der Waals surface area contributed by atoms with E-state index in [1.54, 1.807) is 0 Å². The summed E-state index contributed by atoms with van der Waals surface area (Å²) in [4.78, 5) is 17.1. The molecule has 0 spiro atoms. The molecule has 1 aromatic carbocycles. The van der Waals surface area contributed by atoms with Crippen LogP contribution >= 0.6 is 0 Å². The van der Waals surface area contributed by atoms with E-state index < -0.39 is 0 Å². The minimum Gasteiger partial charge on any atom is -0.392 e. The third-order valence-corrected chi connectivity index (χ3v) is 3.70. The third kappa shape index (κ3) is 2.69. The second kappa shape index (κ2) is 5.15. The predicted octanol–water partition coefficient (Wildman–Crippen LogP) is 1.48. The monoisotopic (exact) mass is 258 g/mol. The van der Waals surface area contributed by atoms with Crippen LogP contribution in [0.25, 0.3) is 10.9 Å².